The zero-order valence-corrected chi connectivity index (χ0v) is 21.2. The highest BCUT2D eigenvalue weighted by Gasteiger charge is 2.38. The van der Waals surface area contributed by atoms with Crippen LogP contribution in [0.15, 0.2) is 18.5 Å². The molecule has 4 rings (SSSR count). The van der Waals surface area contributed by atoms with E-state index in [1.54, 1.807) is 19.3 Å². The van der Waals surface area contributed by atoms with Crippen molar-refractivity contribution in [2.24, 2.45) is 7.05 Å². The van der Waals surface area contributed by atoms with Crippen LogP contribution in [0.1, 0.15) is 54.4 Å². The lowest BCUT2D eigenvalue weighted by molar-refractivity contribution is 0.170. The van der Waals surface area contributed by atoms with Crippen molar-refractivity contribution in [3.8, 4) is 17.3 Å². The molecule has 1 aliphatic rings. The first-order chi connectivity index (χ1) is 16.4. The van der Waals surface area contributed by atoms with Crippen LogP contribution < -0.4 is 20.7 Å². The lowest BCUT2D eigenvalue weighted by Gasteiger charge is -2.46. The lowest BCUT2D eigenvalue weighted by Crippen LogP contribution is -2.60. The molecular formula is C23H33FN10O. The van der Waals surface area contributed by atoms with Crippen molar-refractivity contribution in [2.75, 3.05) is 10.6 Å². The van der Waals surface area contributed by atoms with E-state index in [4.69, 9.17) is 4.74 Å². The molecule has 0 unspecified atom stereocenters. The van der Waals surface area contributed by atoms with E-state index in [-0.39, 0.29) is 35.0 Å². The maximum absolute atomic E-state index is 14.6. The van der Waals surface area contributed by atoms with Crippen molar-refractivity contribution in [3.05, 3.63) is 24.3 Å². The molecular weight excluding hydrogens is 451 g/mol. The average molecular weight is 485 g/mol. The van der Waals surface area contributed by atoms with Gasteiger partial charge in [-0.15, -0.1) is 5.10 Å². The number of ether oxygens (including phenoxy) is 1. The van der Waals surface area contributed by atoms with E-state index in [2.05, 4.69) is 74.1 Å². The van der Waals surface area contributed by atoms with Crippen LogP contribution in [-0.2, 0) is 7.05 Å². The number of rotatable bonds is 7. The Balaban J connectivity index is 1.58. The van der Waals surface area contributed by atoms with Gasteiger partial charge in [0.15, 0.2) is 17.5 Å². The van der Waals surface area contributed by atoms with Crippen LogP contribution in [0.4, 0.5) is 21.8 Å². The van der Waals surface area contributed by atoms with Crippen molar-refractivity contribution in [1.29, 1.82) is 0 Å². The minimum Gasteiger partial charge on any atom is -0.474 e. The molecule has 0 radical (unpaired) electrons. The van der Waals surface area contributed by atoms with Gasteiger partial charge in [-0.1, -0.05) is 0 Å². The molecule has 0 atom stereocenters. The van der Waals surface area contributed by atoms with Crippen molar-refractivity contribution in [1.82, 2.24) is 40.5 Å². The molecule has 0 spiro atoms. The Morgan fingerprint density at radius 3 is 2.49 bits per heavy atom. The molecule has 0 saturated carbocycles. The number of anilines is 3. The van der Waals surface area contributed by atoms with Gasteiger partial charge in [0, 0.05) is 24.2 Å². The number of halogens is 1. The summed E-state index contributed by atoms with van der Waals surface area (Å²) < 4.78 is 22.0. The largest absolute Gasteiger partial charge is 0.474 e. The number of piperidine rings is 1. The van der Waals surface area contributed by atoms with Gasteiger partial charge in [-0.05, 0) is 70.9 Å². The first kappa shape index (κ1) is 24.7. The fourth-order valence-electron chi connectivity index (χ4n) is 4.73. The number of pyridine rings is 1. The predicted octanol–water partition coefficient (Wildman–Crippen LogP) is 3.45. The van der Waals surface area contributed by atoms with Gasteiger partial charge < -0.3 is 20.7 Å². The molecule has 0 bridgehead atoms. The number of hydrogen-bond acceptors (Lipinski definition) is 10. The summed E-state index contributed by atoms with van der Waals surface area (Å²) in [5.41, 5.74) is 1.03. The molecule has 1 aliphatic heterocycles. The van der Waals surface area contributed by atoms with E-state index in [0.29, 0.717) is 23.0 Å². The molecule has 12 heteroatoms. The van der Waals surface area contributed by atoms with E-state index in [0.717, 1.165) is 19.0 Å². The highest BCUT2D eigenvalue weighted by Crippen LogP contribution is 2.32. The molecule has 35 heavy (non-hydrogen) atoms. The zero-order valence-electron chi connectivity index (χ0n) is 21.2. The number of nitrogens with one attached hydrogen (secondary N) is 3. The Hall–Kier alpha value is -3.41. The van der Waals surface area contributed by atoms with Crippen LogP contribution in [0.2, 0.25) is 0 Å². The van der Waals surface area contributed by atoms with Gasteiger partial charge in [-0.2, -0.15) is 4.98 Å². The highest BCUT2D eigenvalue weighted by molar-refractivity contribution is 5.68. The minimum atomic E-state index is -0.505. The molecule has 3 N–H and O–H groups in total. The van der Waals surface area contributed by atoms with Crippen molar-refractivity contribution in [3.63, 3.8) is 0 Å². The molecule has 0 aromatic carbocycles. The third kappa shape index (κ3) is 5.99. The maximum Gasteiger partial charge on any atom is 0.229 e. The summed E-state index contributed by atoms with van der Waals surface area (Å²) in [7, 11) is 1.74. The van der Waals surface area contributed by atoms with Crippen molar-refractivity contribution in [2.45, 2.75) is 77.6 Å². The predicted molar refractivity (Wildman–Crippen MR) is 131 cm³/mol. The number of aryl methyl sites for hydroxylation is 1. The van der Waals surface area contributed by atoms with E-state index >= 15 is 0 Å². The Kier molecular flexibility index (Phi) is 6.58. The number of hydrogen-bond donors (Lipinski definition) is 3. The fraction of sp³-hybridized carbons (Fsp3) is 0.565. The first-order valence-electron chi connectivity index (χ1n) is 11.7. The van der Waals surface area contributed by atoms with E-state index in [9.17, 15) is 4.39 Å². The van der Waals surface area contributed by atoms with Gasteiger partial charge in [0.2, 0.25) is 11.8 Å². The Morgan fingerprint density at radius 1 is 1.14 bits per heavy atom. The summed E-state index contributed by atoms with van der Waals surface area (Å²) in [4.78, 5) is 12.9. The van der Waals surface area contributed by atoms with Gasteiger partial charge >= 0.3 is 0 Å². The van der Waals surface area contributed by atoms with Gasteiger partial charge in [-0.25, -0.2) is 19.0 Å². The second-order valence-corrected chi connectivity index (χ2v) is 10.5. The van der Waals surface area contributed by atoms with Crippen LogP contribution in [0.3, 0.4) is 0 Å². The molecule has 11 nitrogen and oxygen atoms in total. The second kappa shape index (κ2) is 9.33. The Labute approximate surface area is 204 Å². The molecule has 1 saturated heterocycles. The third-order valence-corrected chi connectivity index (χ3v) is 5.59. The summed E-state index contributed by atoms with van der Waals surface area (Å²) in [5.74, 6) is 0.792. The number of tetrazole rings is 1. The standard InChI is InChI=1S/C23H33FN10O/c1-13(2)35-20-16(19-30-32-33-34(19)7)8-14(11-25-20)28-21-26-12-17(24)18(29-21)27-15-9-22(3,4)31-23(5,6)10-15/h8,11-13,15,31H,9-10H2,1-7H3,(H2,26,27,28,29). The van der Waals surface area contributed by atoms with Crippen LogP contribution >= 0.6 is 0 Å². The normalized spacial score (nSPS) is 17.4. The maximum atomic E-state index is 14.6. The summed E-state index contributed by atoms with van der Waals surface area (Å²) in [5, 5.41) is 21.7. The van der Waals surface area contributed by atoms with Gasteiger partial charge in [0.25, 0.3) is 0 Å². The molecule has 1 fully saturated rings. The number of aromatic nitrogens is 7. The minimum absolute atomic E-state index is 0.0580. The summed E-state index contributed by atoms with van der Waals surface area (Å²) in [6, 6.07) is 1.86. The second-order valence-electron chi connectivity index (χ2n) is 10.5. The van der Waals surface area contributed by atoms with Crippen LogP contribution in [-0.4, -0.2) is 58.4 Å². The molecule has 3 aromatic heterocycles. The van der Waals surface area contributed by atoms with E-state index < -0.39 is 5.82 Å². The van der Waals surface area contributed by atoms with Gasteiger partial charge in [0.05, 0.1) is 29.7 Å². The monoisotopic (exact) mass is 484 g/mol. The summed E-state index contributed by atoms with van der Waals surface area (Å²) in [6.45, 7) is 12.4. The zero-order chi connectivity index (χ0) is 25.4. The first-order valence-corrected chi connectivity index (χ1v) is 11.7. The summed E-state index contributed by atoms with van der Waals surface area (Å²) >= 11 is 0. The van der Waals surface area contributed by atoms with E-state index in [1.807, 2.05) is 13.8 Å². The van der Waals surface area contributed by atoms with Crippen LogP contribution in [0.5, 0.6) is 5.88 Å². The average Bonchev–Trinajstić information content (AvgIpc) is 3.14. The lowest BCUT2D eigenvalue weighted by atomic mass is 9.79. The Bertz CT molecular complexity index is 1180. The van der Waals surface area contributed by atoms with Crippen molar-refractivity contribution >= 4 is 17.5 Å². The SMILES string of the molecule is CC(C)Oc1ncc(Nc2ncc(F)c(NC3CC(C)(C)NC(C)(C)C3)n2)cc1-c1nnnn1C. The molecule has 3 aromatic rings. The molecule has 188 valence electrons. The third-order valence-electron chi connectivity index (χ3n) is 5.59. The topological polar surface area (TPSA) is 128 Å². The molecule has 4 heterocycles. The Morgan fingerprint density at radius 2 is 1.86 bits per heavy atom. The number of nitrogens with zero attached hydrogens (tertiary/aromatic N) is 7. The van der Waals surface area contributed by atoms with E-state index in [1.165, 1.54) is 4.68 Å². The van der Waals surface area contributed by atoms with Crippen LogP contribution in [0, 0.1) is 5.82 Å². The van der Waals surface area contributed by atoms with Gasteiger partial charge in [0.1, 0.15) is 0 Å². The smallest absolute Gasteiger partial charge is 0.229 e. The fourth-order valence-corrected chi connectivity index (χ4v) is 4.73. The quantitative estimate of drug-likeness (QED) is 0.459. The summed E-state index contributed by atoms with van der Waals surface area (Å²) in [6.07, 6.45) is 4.34. The molecule has 0 amide bonds. The van der Waals surface area contributed by atoms with Crippen LogP contribution in [0.25, 0.3) is 11.4 Å². The van der Waals surface area contributed by atoms with Gasteiger partial charge in [-0.3, -0.25) is 0 Å². The molecule has 0 aliphatic carbocycles. The highest BCUT2D eigenvalue weighted by atomic mass is 19.1. The van der Waals surface area contributed by atoms with Crippen molar-refractivity contribution < 1.29 is 9.13 Å².